The smallest absolute Gasteiger partial charge is 0.125 e. The fourth-order valence-corrected chi connectivity index (χ4v) is 2.92. The Balaban J connectivity index is 1.87. The third-order valence-corrected chi connectivity index (χ3v) is 4.14. The lowest BCUT2D eigenvalue weighted by Gasteiger charge is -2.36. The summed E-state index contributed by atoms with van der Waals surface area (Å²) < 4.78 is 13.3. The van der Waals surface area contributed by atoms with E-state index in [1.807, 2.05) is 0 Å². The third-order valence-electron chi connectivity index (χ3n) is 4.14. The van der Waals surface area contributed by atoms with Gasteiger partial charge in [-0.2, -0.15) is 0 Å². The predicted octanol–water partition coefficient (Wildman–Crippen LogP) is 2.40. The normalized spacial score (nSPS) is 19.6. The van der Waals surface area contributed by atoms with Crippen LogP contribution in [0.3, 0.4) is 0 Å². The number of aromatic amines is 1. The summed E-state index contributed by atoms with van der Waals surface area (Å²) in [5, 5.41) is 0. The molecule has 1 unspecified atom stereocenters. The average Bonchev–Trinajstić information content (AvgIpc) is 2.84. The first-order valence-corrected chi connectivity index (χ1v) is 7.25. The highest BCUT2D eigenvalue weighted by atomic mass is 19.1. The first-order valence-electron chi connectivity index (χ1n) is 7.25. The van der Waals surface area contributed by atoms with Crippen LogP contribution in [0.25, 0.3) is 11.0 Å². The van der Waals surface area contributed by atoms with E-state index in [0.717, 1.165) is 49.5 Å². The van der Waals surface area contributed by atoms with E-state index in [0.29, 0.717) is 6.04 Å². The Morgan fingerprint density at radius 2 is 2.05 bits per heavy atom. The van der Waals surface area contributed by atoms with Crippen molar-refractivity contribution in [2.45, 2.75) is 19.4 Å². The van der Waals surface area contributed by atoms with Gasteiger partial charge in [0.25, 0.3) is 0 Å². The van der Waals surface area contributed by atoms with Crippen LogP contribution in [0.15, 0.2) is 18.2 Å². The Labute approximate surface area is 118 Å². The molecule has 1 saturated heterocycles. The number of likely N-dealkylation sites (N-methyl/N-ethyl adjacent to an activating group) is 1. The third kappa shape index (κ3) is 2.55. The minimum atomic E-state index is -0.222. The molecule has 1 aliphatic rings. The summed E-state index contributed by atoms with van der Waals surface area (Å²) in [6.07, 6.45) is 1.01. The molecular formula is C15H21FN4. The Morgan fingerprint density at radius 3 is 2.75 bits per heavy atom. The number of H-pyrrole nitrogens is 1. The van der Waals surface area contributed by atoms with Gasteiger partial charge < -0.3 is 9.88 Å². The number of aromatic nitrogens is 2. The molecule has 2 aromatic rings. The molecule has 1 atom stereocenters. The van der Waals surface area contributed by atoms with E-state index in [1.54, 1.807) is 6.07 Å². The van der Waals surface area contributed by atoms with Gasteiger partial charge >= 0.3 is 0 Å². The molecule has 1 aromatic carbocycles. The molecular weight excluding hydrogens is 255 g/mol. The molecule has 0 radical (unpaired) electrons. The standard InChI is InChI=1S/C15H21FN4/c1-3-14(20-8-6-19(2)7-9-20)15-17-12-5-4-11(16)10-13(12)18-15/h4-5,10,14H,3,6-9H2,1-2H3,(H,17,18). The lowest BCUT2D eigenvalue weighted by Crippen LogP contribution is -2.46. The van der Waals surface area contributed by atoms with Crippen LogP contribution in [0.5, 0.6) is 0 Å². The van der Waals surface area contributed by atoms with E-state index in [2.05, 4.69) is 33.7 Å². The number of fused-ring (bicyclic) bond motifs is 1. The highest BCUT2D eigenvalue weighted by molar-refractivity contribution is 5.75. The molecule has 5 heteroatoms. The zero-order valence-electron chi connectivity index (χ0n) is 12.1. The first kappa shape index (κ1) is 13.5. The zero-order valence-corrected chi connectivity index (χ0v) is 12.1. The van der Waals surface area contributed by atoms with Crippen LogP contribution in [-0.2, 0) is 0 Å². The molecule has 2 heterocycles. The number of piperazine rings is 1. The van der Waals surface area contributed by atoms with Gasteiger partial charge in [-0.25, -0.2) is 9.37 Å². The van der Waals surface area contributed by atoms with Crippen molar-refractivity contribution in [1.29, 1.82) is 0 Å². The Hall–Kier alpha value is -1.46. The number of nitrogens with zero attached hydrogens (tertiary/aromatic N) is 3. The molecule has 20 heavy (non-hydrogen) atoms. The topological polar surface area (TPSA) is 35.2 Å². The maximum Gasteiger partial charge on any atom is 0.125 e. The number of rotatable bonds is 3. The first-order chi connectivity index (χ1) is 9.67. The molecule has 0 aliphatic carbocycles. The predicted molar refractivity (Wildman–Crippen MR) is 78.2 cm³/mol. The number of hydrogen-bond donors (Lipinski definition) is 1. The van der Waals surface area contributed by atoms with Crippen molar-refractivity contribution in [1.82, 2.24) is 19.8 Å². The fourth-order valence-electron chi connectivity index (χ4n) is 2.92. The highest BCUT2D eigenvalue weighted by Crippen LogP contribution is 2.25. The fraction of sp³-hybridized carbons (Fsp3) is 0.533. The summed E-state index contributed by atoms with van der Waals surface area (Å²) in [6, 6.07) is 5.01. The molecule has 0 spiro atoms. The van der Waals surface area contributed by atoms with Crippen molar-refractivity contribution in [2.75, 3.05) is 33.2 Å². The Kier molecular flexibility index (Phi) is 3.72. The average molecular weight is 276 g/mol. The van der Waals surface area contributed by atoms with Crippen LogP contribution < -0.4 is 0 Å². The van der Waals surface area contributed by atoms with Crippen molar-refractivity contribution in [3.8, 4) is 0 Å². The van der Waals surface area contributed by atoms with Gasteiger partial charge in [0.15, 0.2) is 0 Å². The SMILES string of the molecule is CCC(c1nc2ccc(F)cc2[nH]1)N1CCN(C)CC1. The van der Waals surface area contributed by atoms with Crippen molar-refractivity contribution < 1.29 is 4.39 Å². The maximum absolute atomic E-state index is 13.3. The summed E-state index contributed by atoms with van der Waals surface area (Å²) in [5.74, 6) is 0.734. The second-order valence-electron chi connectivity index (χ2n) is 5.55. The molecule has 108 valence electrons. The number of halogens is 1. The largest absolute Gasteiger partial charge is 0.341 e. The van der Waals surface area contributed by atoms with Crippen LogP contribution in [0.2, 0.25) is 0 Å². The van der Waals surface area contributed by atoms with Gasteiger partial charge in [-0.15, -0.1) is 0 Å². The van der Waals surface area contributed by atoms with E-state index in [4.69, 9.17) is 0 Å². The van der Waals surface area contributed by atoms with Gasteiger partial charge in [-0.05, 0) is 31.7 Å². The summed E-state index contributed by atoms with van der Waals surface area (Å²) in [4.78, 5) is 12.7. The molecule has 1 aliphatic heterocycles. The lowest BCUT2D eigenvalue weighted by molar-refractivity contribution is 0.105. The quantitative estimate of drug-likeness (QED) is 0.935. The molecule has 1 fully saturated rings. The van der Waals surface area contributed by atoms with Crippen LogP contribution in [0.1, 0.15) is 25.2 Å². The molecule has 1 aromatic heterocycles. The monoisotopic (exact) mass is 276 g/mol. The van der Waals surface area contributed by atoms with E-state index in [9.17, 15) is 4.39 Å². The highest BCUT2D eigenvalue weighted by Gasteiger charge is 2.24. The van der Waals surface area contributed by atoms with Gasteiger partial charge in [-0.3, -0.25) is 4.90 Å². The van der Waals surface area contributed by atoms with Gasteiger partial charge in [0.2, 0.25) is 0 Å². The number of imidazole rings is 1. The number of hydrogen-bond acceptors (Lipinski definition) is 3. The molecule has 0 bridgehead atoms. The molecule has 0 saturated carbocycles. The Bertz CT molecular complexity index is 587. The van der Waals surface area contributed by atoms with E-state index >= 15 is 0 Å². The number of benzene rings is 1. The molecule has 4 nitrogen and oxygen atoms in total. The van der Waals surface area contributed by atoms with Crippen LogP contribution in [0, 0.1) is 5.82 Å². The second kappa shape index (κ2) is 5.50. The van der Waals surface area contributed by atoms with Crippen LogP contribution in [-0.4, -0.2) is 53.0 Å². The van der Waals surface area contributed by atoms with Gasteiger partial charge in [0.1, 0.15) is 11.6 Å². The summed E-state index contributed by atoms with van der Waals surface area (Å²) >= 11 is 0. The summed E-state index contributed by atoms with van der Waals surface area (Å²) in [7, 11) is 2.16. The summed E-state index contributed by atoms with van der Waals surface area (Å²) in [6.45, 7) is 6.47. The van der Waals surface area contributed by atoms with Crippen molar-refractivity contribution in [3.63, 3.8) is 0 Å². The van der Waals surface area contributed by atoms with Crippen molar-refractivity contribution in [2.24, 2.45) is 0 Å². The molecule has 3 rings (SSSR count). The lowest BCUT2D eigenvalue weighted by atomic mass is 10.1. The van der Waals surface area contributed by atoms with Gasteiger partial charge in [0, 0.05) is 26.2 Å². The van der Waals surface area contributed by atoms with Crippen LogP contribution >= 0.6 is 0 Å². The summed E-state index contributed by atoms with van der Waals surface area (Å²) in [5.41, 5.74) is 1.63. The van der Waals surface area contributed by atoms with E-state index in [-0.39, 0.29) is 5.82 Å². The second-order valence-corrected chi connectivity index (χ2v) is 5.55. The van der Waals surface area contributed by atoms with Crippen molar-refractivity contribution in [3.05, 3.63) is 29.8 Å². The zero-order chi connectivity index (χ0) is 14.1. The number of nitrogens with one attached hydrogen (secondary N) is 1. The van der Waals surface area contributed by atoms with Crippen LogP contribution in [0.4, 0.5) is 4.39 Å². The minimum absolute atomic E-state index is 0.222. The molecule has 1 N–H and O–H groups in total. The molecule has 0 amide bonds. The van der Waals surface area contributed by atoms with E-state index < -0.39 is 0 Å². The van der Waals surface area contributed by atoms with Gasteiger partial charge in [0.05, 0.1) is 17.1 Å². The minimum Gasteiger partial charge on any atom is -0.341 e. The van der Waals surface area contributed by atoms with Crippen molar-refractivity contribution >= 4 is 11.0 Å². The maximum atomic E-state index is 13.3. The van der Waals surface area contributed by atoms with Gasteiger partial charge in [-0.1, -0.05) is 6.92 Å². The Morgan fingerprint density at radius 1 is 1.30 bits per heavy atom. The van der Waals surface area contributed by atoms with E-state index in [1.165, 1.54) is 12.1 Å².